The summed E-state index contributed by atoms with van der Waals surface area (Å²) in [7, 11) is 0. The topological polar surface area (TPSA) is 33.1 Å². The zero-order valence-corrected chi connectivity index (χ0v) is 9.93. The predicted octanol–water partition coefficient (Wildman–Crippen LogP) is 3.38. The van der Waals surface area contributed by atoms with Gasteiger partial charge in [0.25, 0.3) is 0 Å². The average molecular weight is 267 g/mol. The van der Waals surface area contributed by atoms with Crippen molar-refractivity contribution in [3.63, 3.8) is 0 Å². The zero-order chi connectivity index (χ0) is 13.9. The number of aromatic nitrogens is 1. The van der Waals surface area contributed by atoms with Gasteiger partial charge in [-0.1, -0.05) is 18.2 Å². The van der Waals surface area contributed by atoms with Crippen LogP contribution in [-0.4, -0.2) is 10.1 Å². The molecule has 1 aromatic carbocycles. The Morgan fingerprint density at radius 1 is 1.16 bits per heavy atom. The van der Waals surface area contributed by atoms with Crippen LogP contribution in [0.1, 0.15) is 22.8 Å². The van der Waals surface area contributed by atoms with E-state index in [1.54, 1.807) is 24.5 Å². The molecule has 0 aliphatic heterocycles. The number of aliphatic hydroxyl groups is 1. The number of hydrogen-bond acceptors (Lipinski definition) is 2. The molecule has 0 spiro atoms. The molecule has 0 saturated heterocycles. The Hall–Kier alpha value is -1.88. The van der Waals surface area contributed by atoms with E-state index in [9.17, 15) is 18.3 Å². The highest BCUT2D eigenvalue weighted by atomic mass is 19.4. The first-order valence-corrected chi connectivity index (χ1v) is 5.71. The van der Waals surface area contributed by atoms with Crippen molar-refractivity contribution in [2.24, 2.45) is 0 Å². The van der Waals surface area contributed by atoms with Gasteiger partial charge in [0, 0.05) is 18.8 Å². The van der Waals surface area contributed by atoms with Crippen LogP contribution in [0.3, 0.4) is 0 Å². The summed E-state index contributed by atoms with van der Waals surface area (Å²) in [5, 5.41) is 9.97. The van der Waals surface area contributed by atoms with Gasteiger partial charge in [0.05, 0.1) is 11.7 Å². The molecule has 1 aromatic heterocycles. The Kier molecular flexibility index (Phi) is 3.85. The molecule has 0 aliphatic rings. The molecule has 0 amide bonds. The van der Waals surface area contributed by atoms with E-state index in [1.807, 2.05) is 0 Å². The Morgan fingerprint density at radius 3 is 2.58 bits per heavy atom. The maximum absolute atomic E-state index is 12.6. The molecule has 0 saturated carbocycles. The third-order valence-electron chi connectivity index (χ3n) is 2.75. The van der Waals surface area contributed by atoms with Crippen molar-refractivity contribution >= 4 is 0 Å². The lowest BCUT2D eigenvalue weighted by Gasteiger charge is -2.13. The number of rotatable bonds is 3. The van der Waals surface area contributed by atoms with E-state index in [-0.39, 0.29) is 12.0 Å². The normalized spacial score (nSPS) is 13.3. The minimum Gasteiger partial charge on any atom is -0.388 e. The molecular weight excluding hydrogens is 255 g/mol. The van der Waals surface area contributed by atoms with Crippen LogP contribution in [0.4, 0.5) is 13.2 Å². The molecule has 5 heteroatoms. The fraction of sp³-hybridized carbons (Fsp3) is 0.214. The van der Waals surface area contributed by atoms with Gasteiger partial charge in [-0.05, 0) is 29.3 Å². The smallest absolute Gasteiger partial charge is 0.388 e. The number of nitrogens with zero attached hydrogens (tertiary/aromatic N) is 1. The van der Waals surface area contributed by atoms with Gasteiger partial charge in [0.1, 0.15) is 0 Å². The summed E-state index contributed by atoms with van der Waals surface area (Å²) >= 11 is 0. The maximum atomic E-state index is 12.6. The van der Waals surface area contributed by atoms with Crippen molar-refractivity contribution in [1.82, 2.24) is 4.98 Å². The summed E-state index contributed by atoms with van der Waals surface area (Å²) in [6.07, 6.45) is -1.97. The number of hydrogen-bond donors (Lipinski definition) is 1. The number of pyridine rings is 1. The molecule has 1 unspecified atom stereocenters. The Bertz CT molecular complexity index is 540. The minimum atomic E-state index is -4.40. The number of benzene rings is 1. The second-order valence-corrected chi connectivity index (χ2v) is 4.20. The molecule has 2 nitrogen and oxygen atoms in total. The van der Waals surface area contributed by atoms with E-state index in [2.05, 4.69) is 4.98 Å². The minimum absolute atomic E-state index is 0.231. The summed E-state index contributed by atoms with van der Waals surface area (Å²) in [5.74, 6) is 0. The van der Waals surface area contributed by atoms with E-state index in [0.29, 0.717) is 0 Å². The van der Waals surface area contributed by atoms with Gasteiger partial charge in [0.15, 0.2) is 0 Å². The number of alkyl halides is 3. The zero-order valence-electron chi connectivity index (χ0n) is 9.93. The molecule has 1 N–H and O–H groups in total. The summed E-state index contributed by atoms with van der Waals surface area (Å²) in [6.45, 7) is 0. The van der Waals surface area contributed by atoms with Gasteiger partial charge in [-0.3, -0.25) is 4.98 Å². The summed E-state index contributed by atoms with van der Waals surface area (Å²) in [5.41, 5.74) is 0.265. The van der Waals surface area contributed by atoms with Crippen molar-refractivity contribution < 1.29 is 18.3 Å². The summed E-state index contributed by atoms with van der Waals surface area (Å²) in [6, 6.07) is 8.22. The van der Waals surface area contributed by atoms with Gasteiger partial charge < -0.3 is 5.11 Å². The standard InChI is InChI=1S/C14H12F3NO/c15-14(16,17)12-5-1-4-11(8-12)13(19)7-10-3-2-6-18-9-10/h1-6,8-9,13,19H,7H2. The quantitative estimate of drug-likeness (QED) is 0.924. The number of aliphatic hydroxyl groups excluding tert-OH is 1. The van der Waals surface area contributed by atoms with Crippen molar-refractivity contribution in [3.05, 3.63) is 65.5 Å². The highest BCUT2D eigenvalue weighted by Crippen LogP contribution is 2.31. The second-order valence-electron chi connectivity index (χ2n) is 4.20. The van der Waals surface area contributed by atoms with Gasteiger partial charge in [0.2, 0.25) is 0 Å². The second kappa shape index (κ2) is 5.40. The lowest BCUT2D eigenvalue weighted by molar-refractivity contribution is -0.137. The third kappa shape index (κ3) is 3.54. The fourth-order valence-electron chi connectivity index (χ4n) is 1.78. The molecule has 2 rings (SSSR count). The van der Waals surface area contributed by atoms with Crippen LogP contribution >= 0.6 is 0 Å². The van der Waals surface area contributed by atoms with E-state index < -0.39 is 17.8 Å². The summed E-state index contributed by atoms with van der Waals surface area (Å²) in [4.78, 5) is 3.90. The van der Waals surface area contributed by atoms with Gasteiger partial charge in [-0.25, -0.2) is 0 Å². The first-order valence-electron chi connectivity index (χ1n) is 5.71. The molecule has 2 aromatic rings. The Morgan fingerprint density at radius 2 is 1.95 bits per heavy atom. The molecule has 100 valence electrons. The van der Waals surface area contributed by atoms with Crippen molar-refractivity contribution in [1.29, 1.82) is 0 Å². The highest BCUT2D eigenvalue weighted by Gasteiger charge is 2.30. The van der Waals surface area contributed by atoms with Gasteiger partial charge in [-0.15, -0.1) is 0 Å². The fourth-order valence-corrected chi connectivity index (χ4v) is 1.78. The molecule has 1 atom stereocenters. The predicted molar refractivity (Wildman–Crippen MR) is 64.3 cm³/mol. The SMILES string of the molecule is OC(Cc1cccnc1)c1cccc(C(F)(F)F)c1. The largest absolute Gasteiger partial charge is 0.416 e. The molecule has 19 heavy (non-hydrogen) atoms. The monoisotopic (exact) mass is 267 g/mol. The van der Waals surface area contributed by atoms with Crippen LogP contribution in [0.15, 0.2) is 48.8 Å². The van der Waals surface area contributed by atoms with Crippen molar-refractivity contribution in [2.45, 2.75) is 18.7 Å². The molecule has 0 fully saturated rings. The molecule has 0 aliphatic carbocycles. The lowest BCUT2D eigenvalue weighted by atomic mass is 10.0. The average Bonchev–Trinajstić information content (AvgIpc) is 2.39. The maximum Gasteiger partial charge on any atom is 0.416 e. The first kappa shape index (κ1) is 13.5. The van der Waals surface area contributed by atoms with E-state index in [0.717, 1.165) is 17.7 Å². The van der Waals surface area contributed by atoms with Crippen LogP contribution in [0, 0.1) is 0 Å². The Labute approximate surface area is 108 Å². The number of halogens is 3. The molecule has 1 heterocycles. The lowest BCUT2D eigenvalue weighted by Crippen LogP contribution is -2.08. The third-order valence-corrected chi connectivity index (χ3v) is 2.75. The molecule has 0 bridgehead atoms. The van der Waals surface area contributed by atoms with Crippen LogP contribution in [-0.2, 0) is 12.6 Å². The van der Waals surface area contributed by atoms with Crippen LogP contribution in [0.25, 0.3) is 0 Å². The van der Waals surface area contributed by atoms with Gasteiger partial charge >= 0.3 is 6.18 Å². The summed E-state index contributed by atoms with van der Waals surface area (Å²) < 4.78 is 37.7. The van der Waals surface area contributed by atoms with E-state index in [4.69, 9.17) is 0 Å². The van der Waals surface area contributed by atoms with Crippen LogP contribution in [0.2, 0.25) is 0 Å². The van der Waals surface area contributed by atoms with Gasteiger partial charge in [-0.2, -0.15) is 13.2 Å². The Balaban J connectivity index is 2.18. The van der Waals surface area contributed by atoms with Crippen LogP contribution in [0.5, 0.6) is 0 Å². The van der Waals surface area contributed by atoms with Crippen molar-refractivity contribution in [3.8, 4) is 0 Å². The van der Waals surface area contributed by atoms with E-state index >= 15 is 0 Å². The first-order chi connectivity index (χ1) is 8.97. The van der Waals surface area contributed by atoms with Crippen LogP contribution < -0.4 is 0 Å². The molecule has 0 radical (unpaired) electrons. The van der Waals surface area contributed by atoms with E-state index in [1.165, 1.54) is 12.1 Å². The molecular formula is C14H12F3NO. The highest BCUT2D eigenvalue weighted by molar-refractivity contribution is 5.28. The van der Waals surface area contributed by atoms with Crippen molar-refractivity contribution in [2.75, 3.05) is 0 Å².